The highest BCUT2D eigenvalue weighted by Crippen LogP contribution is 2.23. The minimum Gasteiger partial charge on any atom is -0.387 e. The third kappa shape index (κ3) is 2.24. The van der Waals surface area contributed by atoms with E-state index < -0.39 is 6.10 Å². The maximum atomic E-state index is 9.45. The second-order valence-corrected chi connectivity index (χ2v) is 3.74. The fourth-order valence-corrected chi connectivity index (χ4v) is 1.56. The molecule has 4 heteroatoms. The van der Waals surface area contributed by atoms with E-state index in [0.717, 1.165) is 5.56 Å². The summed E-state index contributed by atoms with van der Waals surface area (Å²) in [7, 11) is 0. The minimum absolute atomic E-state index is 0.221. The molecule has 0 bridgehead atoms. The minimum atomic E-state index is -0.613. The Balaban J connectivity index is 2.95. The summed E-state index contributed by atoms with van der Waals surface area (Å²) in [6.45, 7) is 4.29. The van der Waals surface area contributed by atoms with Crippen LogP contribution in [0.2, 0.25) is 5.15 Å². The average molecular weight is 203 g/mol. The number of rotatable bonds is 3. The second kappa shape index (κ2) is 4.13. The molecule has 0 amide bonds. The Morgan fingerprint density at radius 1 is 1.62 bits per heavy atom. The molecule has 3 nitrogen and oxygen atoms in total. The third-order valence-corrected chi connectivity index (χ3v) is 2.29. The Labute approximate surface area is 83.1 Å². The van der Waals surface area contributed by atoms with Crippen molar-refractivity contribution in [1.29, 1.82) is 0 Å². The first kappa shape index (κ1) is 10.6. The van der Waals surface area contributed by atoms with E-state index in [1.165, 1.54) is 0 Å². The average Bonchev–Trinajstić information content (AvgIpc) is 2.46. The van der Waals surface area contributed by atoms with Gasteiger partial charge in [0.15, 0.2) is 0 Å². The van der Waals surface area contributed by atoms with Crippen molar-refractivity contribution in [3.05, 3.63) is 23.0 Å². The molecule has 0 fully saturated rings. The molecule has 1 heterocycles. The Kier molecular flexibility index (Phi) is 3.36. The molecule has 0 aromatic carbocycles. The number of hydrogen-bond donors (Lipinski definition) is 2. The van der Waals surface area contributed by atoms with E-state index in [0.29, 0.717) is 11.2 Å². The van der Waals surface area contributed by atoms with Crippen molar-refractivity contribution in [2.75, 3.05) is 6.54 Å². The van der Waals surface area contributed by atoms with E-state index in [-0.39, 0.29) is 6.54 Å². The van der Waals surface area contributed by atoms with Crippen LogP contribution in [0.1, 0.15) is 31.6 Å². The maximum absolute atomic E-state index is 9.45. The van der Waals surface area contributed by atoms with Gasteiger partial charge in [-0.2, -0.15) is 0 Å². The van der Waals surface area contributed by atoms with Gasteiger partial charge in [0, 0.05) is 24.3 Å². The Morgan fingerprint density at radius 2 is 2.23 bits per heavy atom. The lowest BCUT2D eigenvalue weighted by atomic mass is 10.2. The summed E-state index contributed by atoms with van der Waals surface area (Å²) in [5.41, 5.74) is 6.12. The molecule has 3 N–H and O–H groups in total. The van der Waals surface area contributed by atoms with Gasteiger partial charge in [0.2, 0.25) is 0 Å². The van der Waals surface area contributed by atoms with Crippen molar-refractivity contribution >= 4 is 11.6 Å². The monoisotopic (exact) mass is 202 g/mol. The highest BCUT2D eigenvalue weighted by atomic mass is 35.5. The molecule has 0 saturated heterocycles. The van der Waals surface area contributed by atoms with Crippen LogP contribution < -0.4 is 5.73 Å². The summed E-state index contributed by atoms with van der Waals surface area (Å²) < 4.78 is 1.90. The zero-order valence-electron chi connectivity index (χ0n) is 7.87. The van der Waals surface area contributed by atoms with Gasteiger partial charge in [-0.3, -0.25) is 0 Å². The number of aliphatic hydroxyl groups is 1. The van der Waals surface area contributed by atoms with E-state index in [1.807, 2.05) is 24.6 Å². The van der Waals surface area contributed by atoms with E-state index in [1.54, 1.807) is 6.07 Å². The molecule has 1 atom stereocenters. The second-order valence-electron chi connectivity index (χ2n) is 3.35. The van der Waals surface area contributed by atoms with E-state index in [2.05, 4.69) is 0 Å². The first-order valence-electron chi connectivity index (χ1n) is 4.31. The molecule has 1 unspecified atom stereocenters. The first-order chi connectivity index (χ1) is 6.06. The van der Waals surface area contributed by atoms with E-state index >= 15 is 0 Å². The summed E-state index contributed by atoms with van der Waals surface area (Å²) in [5.74, 6) is 0. The lowest BCUT2D eigenvalue weighted by Crippen LogP contribution is -2.10. The Bertz CT molecular complexity index is 283. The fourth-order valence-electron chi connectivity index (χ4n) is 1.19. The SMILES string of the molecule is CC(C)n1cc(C(O)CN)cc1Cl. The largest absolute Gasteiger partial charge is 0.387 e. The molecule has 1 aromatic heterocycles. The summed E-state index contributed by atoms with van der Waals surface area (Å²) in [6.07, 6.45) is 1.22. The predicted octanol–water partition coefficient (Wildman–Crippen LogP) is 1.71. The van der Waals surface area contributed by atoms with Crippen molar-refractivity contribution in [3.8, 4) is 0 Å². The summed E-state index contributed by atoms with van der Waals surface area (Å²) in [4.78, 5) is 0. The van der Waals surface area contributed by atoms with E-state index in [9.17, 15) is 5.11 Å². The molecule has 74 valence electrons. The highest BCUT2D eigenvalue weighted by molar-refractivity contribution is 6.29. The molecule has 0 aliphatic carbocycles. The van der Waals surface area contributed by atoms with Crippen molar-refractivity contribution in [2.45, 2.75) is 26.0 Å². The van der Waals surface area contributed by atoms with Gasteiger partial charge in [-0.25, -0.2) is 0 Å². The van der Waals surface area contributed by atoms with Crippen LogP contribution in [0.25, 0.3) is 0 Å². The molecule has 13 heavy (non-hydrogen) atoms. The topological polar surface area (TPSA) is 51.2 Å². The van der Waals surface area contributed by atoms with Crippen molar-refractivity contribution in [2.24, 2.45) is 5.73 Å². The highest BCUT2D eigenvalue weighted by Gasteiger charge is 2.11. The number of aliphatic hydroxyl groups excluding tert-OH is 1. The number of nitrogens with two attached hydrogens (primary N) is 1. The molecule has 0 radical (unpaired) electrons. The number of nitrogens with zero attached hydrogens (tertiary/aromatic N) is 1. The van der Waals surface area contributed by atoms with Crippen LogP contribution in [0.5, 0.6) is 0 Å². The molecular weight excluding hydrogens is 188 g/mol. The predicted molar refractivity (Wildman–Crippen MR) is 53.8 cm³/mol. The van der Waals surface area contributed by atoms with Crippen LogP contribution in [0, 0.1) is 0 Å². The summed E-state index contributed by atoms with van der Waals surface area (Å²) in [5, 5.41) is 10.1. The summed E-state index contributed by atoms with van der Waals surface area (Å²) >= 11 is 5.95. The summed E-state index contributed by atoms with van der Waals surface area (Å²) in [6, 6.07) is 2.05. The Hall–Kier alpha value is -0.510. The van der Waals surface area contributed by atoms with Crippen molar-refractivity contribution in [1.82, 2.24) is 4.57 Å². The smallest absolute Gasteiger partial charge is 0.109 e. The first-order valence-corrected chi connectivity index (χ1v) is 4.69. The molecular formula is C9H15ClN2O. The van der Waals surface area contributed by atoms with Gasteiger partial charge in [0.05, 0.1) is 6.10 Å². The van der Waals surface area contributed by atoms with Gasteiger partial charge in [-0.1, -0.05) is 11.6 Å². The quantitative estimate of drug-likeness (QED) is 0.784. The van der Waals surface area contributed by atoms with Gasteiger partial charge < -0.3 is 15.4 Å². The van der Waals surface area contributed by atoms with Crippen molar-refractivity contribution < 1.29 is 5.11 Å². The standard InChI is InChI=1S/C9H15ClN2O/c1-6(2)12-5-7(3-9(12)10)8(13)4-11/h3,5-6,8,13H,4,11H2,1-2H3. The molecule has 1 aromatic rings. The molecule has 1 rings (SSSR count). The molecule has 0 aliphatic heterocycles. The molecule has 0 saturated carbocycles. The van der Waals surface area contributed by atoms with Gasteiger partial charge in [0.25, 0.3) is 0 Å². The van der Waals surface area contributed by atoms with Crippen LogP contribution in [0.4, 0.5) is 0 Å². The number of hydrogen-bond acceptors (Lipinski definition) is 2. The van der Waals surface area contributed by atoms with Gasteiger partial charge in [-0.15, -0.1) is 0 Å². The lowest BCUT2D eigenvalue weighted by molar-refractivity contribution is 0.186. The van der Waals surface area contributed by atoms with Crippen LogP contribution in [-0.2, 0) is 0 Å². The molecule has 0 aliphatic rings. The normalized spacial score (nSPS) is 13.7. The van der Waals surface area contributed by atoms with Gasteiger partial charge in [0.1, 0.15) is 5.15 Å². The fraction of sp³-hybridized carbons (Fsp3) is 0.556. The zero-order chi connectivity index (χ0) is 10.0. The van der Waals surface area contributed by atoms with Gasteiger partial charge in [-0.05, 0) is 19.9 Å². The number of halogens is 1. The van der Waals surface area contributed by atoms with E-state index in [4.69, 9.17) is 17.3 Å². The van der Waals surface area contributed by atoms with Crippen LogP contribution >= 0.6 is 11.6 Å². The number of aromatic nitrogens is 1. The van der Waals surface area contributed by atoms with Gasteiger partial charge >= 0.3 is 0 Å². The maximum Gasteiger partial charge on any atom is 0.109 e. The van der Waals surface area contributed by atoms with Crippen LogP contribution in [0.3, 0.4) is 0 Å². The third-order valence-electron chi connectivity index (χ3n) is 1.98. The van der Waals surface area contributed by atoms with Crippen LogP contribution in [-0.4, -0.2) is 16.2 Å². The zero-order valence-corrected chi connectivity index (χ0v) is 8.62. The van der Waals surface area contributed by atoms with Crippen molar-refractivity contribution in [3.63, 3.8) is 0 Å². The molecule has 0 spiro atoms. The Morgan fingerprint density at radius 3 is 2.62 bits per heavy atom. The van der Waals surface area contributed by atoms with Crippen LogP contribution in [0.15, 0.2) is 12.3 Å². The lowest BCUT2D eigenvalue weighted by Gasteiger charge is -2.08.